The van der Waals surface area contributed by atoms with Gasteiger partial charge in [0.25, 0.3) is 0 Å². The first-order valence-electron chi connectivity index (χ1n) is 14.8. The van der Waals surface area contributed by atoms with Crippen molar-refractivity contribution >= 4 is 17.5 Å². The van der Waals surface area contributed by atoms with Crippen molar-refractivity contribution in [3.05, 3.63) is 90.3 Å². The van der Waals surface area contributed by atoms with Gasteiger partial charge in [0.05, 0.1) is 19.1 Å². The van der Waals surface area contributed by atoms with E-state index in [0.29, 0.717) is 30.1 Å². The Labute approximate surface area is 257 Å². The summed E-state index contributed by atoms with van der Waals surface area (Å²) >= 11 is 0. The second-order valence-electron chi connectivity index (χ2n) is 11.5. The molecule has 2 heterocycles. The minimum absolute atomic E-state index is 0.0162. The molecule has 4 aromatic rings. The first-order valence-corrected chi connectivity index (χ1v) is 14.8. The van der Waals surface area contributed by atoms with Crippen molar-refractivity contribution in [1.82, 2.24) is 30.0 Å². The zero-order valence-corrected chi connectivity index (χ0v) is 25.3. The van der Waals surface area contributed by atoms with Gasteiger partial charge in [-0.1, -0.05) is 61.5 Å². The molecule has 44 heavy (non-hydrogen) atoms. The first-order chi connectivity index (χ1) is 21.3. The number of carbonyl (C=O) groups excluding carboxylic acids is 2. The van der Waals surface area contributed by atoms with Crippen molar-refractivity contribution in [2.75, 3.05) is 32.1 Å². The smallest absolute Gasteiger partial charge is 0.246 e. The zero-order chi connectivity index (χ0) is 31.1. The number of carbonyl (C=O) groups is 2. The van der Waals surface area contributed by atoms with Gasteiger partial charge in [-0.15, -0.1) is 5.10 Å². The number of fused-ring (bicyclic) bond motifs is 1. The van der Waals surface area contributed by atoms with Crippen molar-refractivity contribution in [3.8, 4) is 16.9 Å². The number of nitrogens with zero attached hydrogens (tertiary/aromatic N) is 6. The fraction of sp³-hybridized carbons (Fsp3) is 0.364. The van der Waals surface area contributed by atoms with E-state index in [-0.39, 0.29) is 49.5 Å². The minimum Gasteiger partial charge on any atom is -0.488 e. The molecule has 3 aromatic carbocycles. The molecule has 0 bridgehead atoms. The molecule has 2 amide bonds. The van der Waals surface area contributed by atoms with Gasteiger partial charge in [0, 0.05) is 36.8 Å². The molecular formula is C33H39N7O4. The van der Waals surface area contributed by atoms with Gasteiger partial charge in [-0.25, -0.2) is 4.68 Å². The van der Waals surface area contributed by atoms with Crippen molar-refractivity contribution in [3.63, 3.8) is 0 Å². The van der Waals surface area contributed by atoms with Crippen LogP contribution in [0.25, 0.3) is 11.1 Å². The summed E-state index contributed by atoms with van der Waals surface area (Å²) in [5, 5.41) is 23.6. The van der Waals surface area contributed by atoms with Crippen LogP contribution >= 0.6 is 0 Å². The summed E-state index contributed by atoms with van der Waals surface area (Å²) in [6, 6.07) is 23.9. The SMILES string of the molecule is C[C@H](CO)N1C[C@H](C)[C@@H](CN(C)Cc2ccc(-c3ccccc3)cc2)Oc2ccc(NC(=O)Cn3cnnn3)cc2CC1=O. The molecule has 11 nitrogen and oxygen atoms in total. The summed E-state index contributed by atoms with van der Waals surface area (Å²) in [5.74, 6) is 0.186. The molecule has 1 aliphatic heterocycles. The highest BCUT2D eigenvalue weighted by molar-refractivity contribution is 5.91. The van der Waals surface area contributed by atoms with Gasteiger partial charge in [0.2, 0.25) is 11.8 Å². The van der Waals surface area contributed by atoms with Gasteiger partial charge in [-0.2, -0.15) is 0 Å². The van der Waals surface area contributed by atoms with Gasteiger partial charge in [-0.3, -0.25) is 14.5 Å². The number of nitrogens with one attached hydrogen (secondary N) is 1. The van der Waals surface area contributed by atoms with Crippen LogP contribution in [0, 0.1) is 5.92 Å². The first kappa shape index (κ1) is 30.8. The average molecular weight is 598 g/mol. The number of aliphatic hydroxyl groups excluding tert-OH is 1. The predicted octanol–water partition coefficient (Wildman–Crippen LogP) is 3.26. The maximum Gasteiger partial charge on any atom is 0.246 e. The van der Waals surface area contributed by atoms with Gasteiger partial charge >= 0.3 is 0 Å². The van der Waals surface area contributed by atoms with Crippen LogP contribution in [0.5, 0.6) is 5.75 Å². The van der Waals surface area contributed by atoms with E-state index in [1.165, 1.54) is 27.7 Å². The summed E-state index contributed by atoms with van der Waals surface area (Å²) < 4.78 is 7.97. The number of rotatable bonds is 10. The van der Waals surface area contributed by atoms with Crippen molar-refractivity contribution in [2.24, 2.45) is 5.92 Å². The average Bonchev–Trinajstić information content (AvgIpc) is 3.54. The van der Waals surface area contributed by atoms with Crippen LogP contribution in [0.4, 0.5) is 5.69 Å². The molecule has 5 rings (SSSR count). The van der Waals surface area contributed by atoms with Crippen molar-refractivity contribution < 1.29 is 19.4 Å². The summed E-state index contributed by atoms with van der Waals surface area (Å²) in [5.41, 5.74) is 4.76. The second-order valence-corrected chi connectivity index (χ2v) is 11.5. The van der Waals surface area contributed by atoms with E-state index >= 15 is 0 Å². The standard InChI is InChI=1S/C33H39N7O4/c1-23-17-40(24(2)21-41)33(43)16-28-15-29(35-32(42)20-39-22-34-36-37-39)13-14-30(28)44-31(23)19-38(3)18-25-9-11-27(12-10-25)26-7-5-4-6-8-26/h4-15,22-24,31,41H,16-21H2,1-3H3,(H,35,42)/t23-,24+,31+/m0/s1. The topological polar surface area (TPSA) is 126 Å². The Morgan fingerprint density at radius 1 is 1.11 bits per heavy atom. The maximum atomic E-state index is 13.5. The Balaban J connectivity index is 1.33. The molecule has 0 spiro atoms. The van der Waals surface area contributed by atoms with Gasteiger partial charge in [0.1, 0.15) is 24.7 Å². The molecule has 1 aromatic heterocycles. The second kappa shape index (κ2) is 14.2. The molecule has 1 aliphatic rings. The van der Waals surface area contributed by atoms with Crippen LogP contribution in [-0.4, -0.2) is 85.8 Å². The number of ether oxygens (including phenoxy) is 1. The molecule has 0 saturated carbocycles. The Kier molecular flexibility index (Phi) is 9.98. The third-order valence-electron chi connectivity index (χ3n) is 7.90. The van der Waals surface area contributed by atoms with E-state index in [0.717, 1.165) is 6.54 Å². The Morgan fingerprint density at radius 3 is 2.57 bits per heavy atom. The molecule has 3 atom stereocenters. The summed E-state index contributed by atoms with van der Waals surface area (Å²) in [6.45, 7) is 5.56. The maximum absolute atomic E-state index is 13.5. The van der Waals surface area contributed by atoms with Crippen LogP contribution in [0.2, 0.25) is 0 Å². The van der Waals surface area contributed by atoms with Crippen molar-refractivity contribution in [2.45, 2.75) is 45.5 Å². The number of tetrazole rings is 1. The molecule has 0 saturated heterocycles. The van der Waals surface area contributed by atoms with Crippen LogP contribution in [0.3, 0.4) is 0 Å². The van der Waals surface area contributed by atoms with E-state index in [1.807, 2.05) is 31.2 Å². The lowest BCUT2D eigenvalue weighted by atomic mass is 10.0. The lowest BCUT2D eigenvalue weighted by molar-refractivity contribution is -0.134. The number of hydrogen-bond acceptors (Lipinski definition) is 8. The number of amides is 2. The van der Waals surface area contributed by atoms with Gasteiger partial charge < -0.3 is 20.1 Å². The number of benzene rings is 3. The summed E-state index contributed by atoms with van der Waals surface area (Å²) in [7, 11) is 2.07. The molecule has 11 heteroatoms. The molecule has 2 N–H and O–H groups in total. The molecule has 0 aliphatic carbocycles. The highest BCUT2D eigenvalue weighted by Gasteiger charge is 2.31. The number of anilines is 1. The Hall–Kier alpha value is -4.61. The van der Waals surface area contributed by atoms with Gasteiger partial charge in [-0.05, 0) is 59.3 Å². The van der Waals surface area contributed by atoms with E-state index in [2.05, 4.69) is 76.1 Å². The van der Waals surface area contributed by atoms with E-state index in [4.69, 9.17) is 4.74 Å². The van der Waals surface area contributed by atoms with Crippen LogP contribution in [0.15, 0.2) is 79.1 Å². The fourth-order valence-electron chi connectivity index (χ4n) is 5.44. The Bertz CT molecular complexity index is 1530. The number of aliphatic hydroxyl groups is 1. The lowest BCUT2D eigenvalue weighted by Crippen LogP contribution is -2.47. The number of aromatic nitrogens is 4. The molecule has 0 radical (unpaired) electrons. The molecular weight excluding hydrogens is 558 g/mol. The normalized spacial score (nSPS) is 17.7. The monoisotopic (exact) mass is 597 g/mol. The Morgan fingerprint density at radius 2 is 1.86 bits per heavy atom. The molecule has 0 fully saturated rings. The van der Waals surface area contributed by atoms with Crippen LogP contribution < -0.4 is 10.1 Å². The number of likely N-dealkylation sites (N-methyl/N-ethyl adjacent to an activating group) is 1. The third-order valence-corrected chi connectivity index (χ3v) is 7.90. The highest BCUT2D eigenvalue weighted by Crippen LogP contribution is 2.29. The quantitative estimate of drug-likeness (QED) is 0.285. The van der Waals surface area contributed by atoms with Crippen LogP contribution in [0.1, 0.15) is 25.0 Å². The fourth-order valence-corrected chi connectivity index (χ4v) is 5.44. The highest BCUT2D eigenvalue weighted by atomic mass is 16.5. The third kappa shape index (κ3) is 7.86. The predicted molar refractivity (Wildman–Crippen MR) is 167 cm³/mol. The van der Waals surface area contributed by atoms with E-state index in [1.54, 1.807) is 17.0 Å². The largest absolute Gasteiger partial charge is 0.488 e. The zero-order valence-electron chi connectivity index (χ0n) is 25.3. The van der Waals surface area contributed by atoms with E-state index in [9.17, 15) is 14.7 Å². The van der Waals surface area contributed by atoms with Crippen LogP contribution in [-0.2, 0) is 29.1 Å². The molecule has 0 unspecified atom stereocenters. The molecule has 230 valence electrons. The van der Waals surface area contributed by atoms with Crippen molar-refractivity contribution in [1.29, 1.82) is 0 Å². The summed E-state index contributed by atoms with van der Waals surface area (Å²) in [6.07, 6.45) is 1.21. The summed E-state index contributed by atoms with van der Waals surface area (Å²) in [4.78, 5) is 30.0. The number of hydrogen-bond donors (Lipinski definition) is 2. The lowest BCUT2D eigenvalue weighted by Gasteiger charge is -2.34. The minimum atomic E-state index is -0.341. The van der Waals surface area contributed by atoms with Gasteiger partial charge in [0.15, 0.2) is 0 Å². The van der Waals surface area contributed by atoms with E-state index < -0.39 is 0 Å².